The predicted octanol–water partition coefficient (Wildman–Crippen LogP) is 1.08. The Hall–Kier alpha value is -1.75. The minimum Gasteiger partial charge on any atom is -0.507 e. The summed E-state index contributed by atoms with van der Waals surface area (Å²) in [5.41, 5.74) is -0.873. The highest BCUT2D eigenvalue weighted by atomic mass is 16.5. The molecule has 16 heavy (non-hydrogen) atoms. The van der Waals surface area contributed by atoms with Crippen LogP contribution in [0.3, 0.4) is 0 Å². The van der Waals surface area contributed by atoms with Crippen LogP contribution in [0.5, 0.6) is 11.5 Å². The molecule has 0 spiro atoms. The number of rotatable bonds is 3. The number of aromatic carboxylic acids is 1. The first-order chi connectivity index (χ1) is 7.48. The molecule has 1 aliphatic rings. The molecule has 0 amide bonds. The first-order valence-corrected chi connectivity index (χ1v) is 4.85. The van der Waals surface area contributed by atoms with Gasteiger partial charge in [0.05, 0.1) is 12.7 Å². The van der Waals surface area contributed by atoms with Crippen molar-refractivity contribution in [2.45, 2.75) is 18.4 Å². The van der Waals surface area contributed by atoms with Gasteiger partial charge in [0.2, 0.25) is 0 Å². The van der Waals surface area contributed by atoms with Crippen molar-refractivity contribution >= 4 is 5.97 Å². The van der Waals surface area contributed by atoms with Crippen molar-refractivity contribution in [3.05, 3.63) is 23.3 Å². The van der Waals surface area contributed by atoms with Gasteiger partial charge in [-0.3, -0.25) is 0 Å². The number of phenolic OH excluding ortho intramolecular Hbond substituents is 1. The van der Waals surface area contributed by atoms with Crippen molar-refractivity contribution in [2.24, 2.45) is 0 Å². The molecule has 1 aliphatic carbocycles. The van der Waals surface area contributed by atoms with Gasteiger partial charge >= 0.3 is 5.97 Å². The smallest absolute Gasteiger partial charge is 0.339 e. The maximum absolute atomic E-state index is 10.9. The van der Waals surface area contributed by atoms with Gasteiger partial charge < -0.3 is 20.1 Å². The Labute approximate surface area is 91.9 Å². The first-order valence-electron chi connectivity index (χ1n) is 4.85. The first kappa shape index (κ1) is 10.8. The lowest BCUT2D eigenvalue weighted by molar-refractivity contribution is 0.0692. The Morgan fingerprint density at radius 3 is 2.50 bits per heavy atom. The molecule has 2 rings (SSSR count). The number of carbonyl (C=O) groups is 1. The molecule has 1 aromatic rings. The molecular weight excluding hydrogens is 212 g/mol. The number of carboxylic acid groups (broad SMARTS) is 1. The van der Waals surface area contributed by atoms with E-state index < -0.39 is 11.6 Å². The van der Waals surface area contributed by atoms with Gasteiger partial charge in [0, 0.05) is 11.6 Å². The maximum atomic E-state index is 10.9. The molecular formula is C11H12O5. The number of aromatic hydroxyl groups is 1. The summed E-state index contributed by atoms with van der Waals surface area (Å²) in [4.78, 5) is 10.9. The topological polar surface area (TPSA) is 87.0 Å². The number of ether oxygens (including phenoxy) is 1. The van der Waals surface area contributed by atoms with Gasteiger partial charge in [-0.1, -0.05) is 0 Å². The molecule has 0 aliphatic heterocycles. The van der Waals surface area contributed by atoms with E-state index in [0.29, 0.717) is 12.8 Å². The largest absolute Gasteiger partial charge is 0.507 e. The quantitative estimate of drug-likeness (QED) is 0.715. The van der Waals surface area contributed by atoms with Crippen molar-refractivity contribution in [3.63, 3.8) is 0 Å². The van der Waals surface area contributed by atoms with Gasteiger partial charge in [0.15, 0.2) is 0 Å². The SMILES string of the molecule is COc1cc(O)c(C2(O)CC2)cc1C(=O)O. The summed E-state index contributed by atoms with van der Waals surface area (Å²) in [5, 5.41) is 28.5. The van der Waals surface area contributed by atoms with E-state index in [0.717, 1.165) is 0 Å². The second-order valence-corrected chi connectivity index (χ2v) is 3.91. The highest BCUT2D eigenvalue weighted by Crippen LogP contribution is 2.49. The number of carboxylic acids is 1. The average molecular weight is 224 g/mol. The van der Waals surface area contributed by atoms with Crippen molar-refractivity contribution in [1.29, 1.82) is 0 Å². The van der Waals surface area contributed by atoms with Gasteiger partial charge in [-0.05, 0) is 18.9 Å². The molecule has 0 atom stereocenters. The van der Waals surface area contributed by atoms with Crippen LogP contribution in [0.2, 0.25) is 0 Å². The Morgan fingerprint density at radius 2 is 2.06 bits per heavy atom. The third-order valence-electron chi connectivity index (χ3n) is 2.77. The Bertz CT molecular complexity index is 448. The Kier molecular flexibility index (Phi) is 2.27. The van der Waals surface area contributed by atoms with E-state index in [9.17, 15) is 15.0 Å². The van der Waals surface area contributed by atoms with Crippen LogP contribution in [0.4, 0.5) is 0 Å². The molecule has 5 heteroatoms. The van der Waals surface area contributed by atoms with Gasteiger partial charge in [0.25, 0.3) is 0 Å². The van der Waals surface area contributed by atoms with Crippen molar-refractivity contribution in [3.8, 4) is 11.5 Å². The minimum atomic E-state index is -1.15. The van der Waals surface area contributed by atoms with Crippen molar-refractivity contribution < 1.29 is 24.9 Å². The molecule has 86 valence electrons. The van der Waals surface area contributed by atoms with E-state index in [4.69, 9.17) is 9.84 Å². The summed E-state index contributed by atoms with van der Waals surface area (Å²) in [6, 6.07) is 2.48. The predicted molar refractivity (Wildman–Crippen MR) is 54.7 cm³/mol. The highest BCUT2D eigenvalue weighted by molar-refractivity contribution is 5.91. The standard InChI is InChI=1S/C11H12O5/c1-16-9-5-8(12)7(11(15)2-3-11)4-6(9)10(13)14/h4-5,12,15H,2-3H2,1H3,(H,13,14). The zero-order chi connectivity index (χ0) is 11.9. The zero-order valence-corrected chi connectivity index (χ0v) is 8.73. The number of phenols is 1. The normalized spacial score (nSPS) is 16.9. The van der Waals surface area contributed by atoms with E-state index in [2.05, 4.69) is 0 Å². The number of methoxy groups -OCH3 is 1. The van der Waals surface area contributed by atoms with E-state index in [1.165, 1.54) is 19.2 Å². The molecule has 1 saturated carbocycles. The van der Waals surface area contributed by atoms with Crippen LogP contribution in [0, 0.1) is 0 Å². The monoisotopic (exact) mass is 224 g/mol. The Balaban J connectivity index is 2.56. The Morgan fingerprint density at radius 1 is 1.44 bits per heavy atom. The molecule has 0 radical (unpaired) electrons. The lowest BCUT2D eigenvalue weighted by Gasteiger charge is -2.13. The molecule has 0 heterocycles. The summed E-state index contributed by atoms with van der Waals surface area (Å²) in [6.45, 7) is 0. The molecule has 0 saturated heterocycles. The summed E-state index contributed by atoms with van der Waals surface area (Å²) in [6.07, 6.45) is 1.07. The second kappa shape index (κ2) is 3.38. The van der Waals surface area contributed by atoms with Crippen LogP contribution >= 0.6 is 0 Å². The summed E-state index contributed by atoms with van der Waals surface area (Å²) < 4.78 is 4.85. The van der Waals surface area contributed by atoms with E-state index >= 15 is 0 Å². The fraction of sp³-hybridized carbons (Fsp3) is 0.364. The fourth-order valence-corrected chi connectivity index (χ4v) is 1.67. The minimum absolute atomic E-state index is 0.0596. The fourth-order valence-electron chi connectivity index (χ4n) is 1.67. The van der Waals surface area contributed by atoms with Gasteiger partial charge in [-0.25, -0.2) is 4.79 Å². The lowest BCUT2D eigenvalue weighted by Crippen LogP contribution is -2.08. The summed E-state index contributed by atoms with van der Waals surface area (Å²) >= 11 is 0. The lowest BCUT2D eigenvalue weighted by atomic mass is 10.0. The van der Waals surface area contributed by atoms with Gasteiger partial charge in [-0.15, -0.1) is 0 Å². The average Bonchev–Trinajstić information content (AvgIpc) is 2.96. The molecule has 0 unspecified atom stereocenters. The van der Waals surface area contributed by atoms with Crippen LogP contribution in [0.15, 0.2) is 12.1 Å². The molecule has 0 aromatic heterocycles. The van der Waals surface area contributed by atoms with Crippen LogP contribution in [-0.4, -0.2) is 28.4 Å². The third-order valence-corrected chi connectivity index (χ3v) is 2.77. The van der Waals surface area contributed by atoms with Crippen LogP contribution < -0.4 is 4.74 Å². The summed E-state index contributed by atoms with van der Waals surface area (Å²) in [5.74, 6) is -1.21. The highest BCUT2D eigenvalue weighted by Gasteiger charge is 2.44. The molecule has 1 fully saturated rings. The number of aliphatic hydroxyl groups is 1. The zero-order valence-electron chi connectivity index (χ0n) is 8.73. The van der Waals surface area contributed by atoms with Crippen LogP contribution in [0.1, 0.15) is 28.8 Å². The molecule has 3 N–H and O–H groups in total. The number of hydrogen-bond donors (Lipinski definition) is 3. The maximum Gasteiger partial charge on any atom is 0.339 e. The van der Waals surface area contributed by atoms with Crippen molar-refractivity contribution in [2.75, 3.05) is 7.11 Å². The molecule has 5 nitrogen and oxygen atoms in total. The van der Waals surface area contributed by atoms with Crippen LogP contribution in [-0.2, 0) is 5.60 Å². The third kappa shape index (κ3) is 1.59. The second-order valence-electron chi connectivity index (χ2n) is 3.91. The van der Waals surface area contributed by atoms with E-state index in [1.807, 2.05) is 0 Å². The summed E-state index contributed by atoms with van der Waals surface area (Å²) in [7, 11) is 1.33. The van der Waals surface area contributed by atoms with Crippen molar-refractivity contribution in [1.82, 2.24) is 0 Å². The number of hydrogen-bond acceptors (Lipinski definition) is 4. The van der Waals surface area contributed by atoms with E-state index in [1.54, 1.807) is 0 Å². The van der Waals surface area contributed by atoms with Gasteiger partial charge in [-0.2, -0.15) is 0 Å². The molecule has 0 bridgehead atoms. The van der Waals surface area contributed by atoms with Gasteiger partial charge in [0.1, 0.15) is 17.1 Å². The number of benzene rings is 1. The van der Waals surface area contributed by atoms with E-state index in [-0.39, 0.29) is 22.6 Å². The molecule has 1 aromatic carbocycles. The van der Waals surface area contributed by atoms with Crippen LogP contribution in [0.25, 0.3) is 0 Å².